The van der Waals surface area contributed by atoms with Gasteiger partial charge in [0.25, 0.3) is 0 Å². The van der Waals surface area contributed by atoms with E-state index in [1.165, 1.54) is 0 Å². The molecule has 0 aliphatic heterocycles. The summed E-state index contributed by atoms with van der Waals surface area (Å²) in [6.45, 7) is 1.89. The van der Waals surface area contributed by atoms with E-state index in [1.54, 1.807) is 19.2 Å². The second-order valence-electron chi connectivity index (χ2n) is 2.48. The summed E-state index contributed by atoms with van der Waals surface area (Å²) in [4.78, 5) is 14.4. The molecule has 1 rings (SSSR count). The summed E-state index contributed by atoms with van der Waals surface area (Å²) >= 11 is 0. The Bertz CT molecular complexity index is 273. The number of rotatable bonds is 3. The second kappa shape index (κ2) is 3.97. The van der Waals surface area contributed by atoms with E-state index in [4.69, 9.17) is 4.74 Å². The molecule has 1 unspecified atom stereocenters. The fraction of sp³-hybridized carbons (Fsp3) is 0.333. The largest absolute Gasteiger partial charge is 0.375 e. The van der Waals surface area contributed by atoms with E-state index in [1.807, 2.05) is 13.0 Å². The number of hydrogen-bond donors (Lipinski definition) is 0. The highest BCUT2D eigenvalue weighted by atomic mass is 16.5. The van der Waals surface area contributed by atoms with Crippen molar-refractivity contribution in [1.29, 1.82) is 0 Å². The molecule has 0 bridgehead atoms. The van der Waals surface area contributed by atoms with E-state index in [-0.39, 0.29) is 6.10 Å². The molecule has 0 aliphatic carbocycles. The van der Waals surface area contributed by atoms with Crippen molar-refractivity contribution in [2.24, 2.45) is 0 Å². The topological polar surface area (TPSA) is 39.2 Å². The highest BCUT2D eigenvalue weighted by Crippen LogP contribution is 2.12. The van der Waals surface area contributed by atoms with Gasteiger partial charge in [-0.15, -0.1) is 0 Å². The van der Waals surface area contributed by atoms with Crippen LogP contribution in [0.1, 0.15) is 29.2 Å². The number of methoxy groups -OCH3 is 1. The van der Waals surface area contributed by atoms with Crippen LogP contribution in [0, 0.1) is 0 Å². The van der Waals surface area contributed by atoms with E-state index in [0.717, 1.165) is 12.0 Å². The monoisotopic (exact) mass is 165 g/mol. The van der Waals surface area contributed by atoms with Gasteiger partial charge in [-0.1, -0.05) is 6.07 Å². The fourth-order valence-electron chi connectivity index (χ4n) is 0.882. The van der Waals surface area contributed by atoms with Crippen LogP contribution in [0.3, 0.4) is 0 Å². The van der Waals surface area contributed by atoms with Gasteiger partial charge in [0.1, 0.15) is 5.69 Å². The van der Waals surface area contributed by atoms with Gasteiger partial charge < -0.3 is 4.74 Å². The lowest BCUT2D eigenvalue weighted by atomic mass is 10.2. The molecule has 0 fully saturated rings. The Kier molecular flexibility index (Phi) is 2.94. The summed E-state index contributed by atoms with van der Waals surface area (Å²) < 4.78 is 5.06. The Morgan fingerprint density at radius 3 is 2.92 bits per heavy atom. The number of aromatic nitrogens is 1. The van der Waals surface area contributed by atoms with Crippen LogP contribution >= 0.6 is 0 Å². The van der Waals surface area contributed by atoms with Crippen molar-refractivity contribution in [2.75, 3.05) is 7.11 Å². The molecule has 1 aromatic heterocycles. The number of carbonyl (C=O) groups is 1. The summed E-state index contributed by atoms with van der Waals surface area (Å²) in [5, 5.41) is 0. The highest BCUT2D eigenvalue weighted by molar-refractivity contribution is 5.71. The minimum atomic E-state index is -0.0649. The quantitative estimate of drug-likeness (QED) is 0.638. The van der Waals surface area contributed by atoms with Gasteiger partial charge in [0.2, 0.25) is 0 Å². The van der Waals surface area contributed by atoms with Gasteiger partial charge in [0, 0.05) is 7.11 Å². The van der Waals surface area contributed by atoms with Gasteiger partial charge in [-0.3, -0.25) is 4.79 Å². The standard InChI is InChI=1S/C9H11NO2/c1-7(12-2)9-5-3-4-8(6-11)10-9/h3-7H,1-2H3. The number of aldehydes is 1. The Hall–Kier alpha value is -1.22. The van der Waals surface area contributed by atoms with Gasteiger partial charge in [-0.2, -0.15) is 0 Å². The third-order valence-electron chi connectivity index (χ3n) is 1.68. The number of hydrogen-bond acceptors (Lipinski definition) is 3. The van der Waals surface area contributed by atoms with Crippen LogP contribution in [0.15, 0.2) is 18.2 Å². The SMILES string of the molecule is COC(C)c1cccc(C=O)n1. The molecule has 3 heteroatoms. The molecule has 0 spiro atoms. The smallest absolute Gasteiger partial charge is 0.168 e. The molecule has 0 saturated carbocycles. The predicted molar refractivity (Wildman–Crippen MR) is 45.0 cm³/mol. The van der Waals surface area contributed by atoms with Gasteiger partial charge in [-0.25, -0.2) is 4.98 Å². The van der Waals surface area contributed by atoms with E-state index >= 15 is 0 Å². The summed E-state index contributed by atoms with van der Waals surface area (Å²) in [5.74, 6) is 0. The number of ether oxygens (including phenoxy) is 1. The zero-order chi connectivity index (χ0) is 8.97. The number of nitrogens with zero attached hydrogens (tertiary/aromatic N) is 1. The molecule has 64 valence electrons. The average molecular weight is 165 g/mol. The van der Waals surface area contributed by atoms with E-state index in [0.29, 0.717) is 5.69 Å². The van der Waals surface area contributed by atoms with Crippen LogP contribution in [0.5, 0.6) is 0 Å². The molecule has 1 aromatic rings. The number of pyridine rings is 1. The molecule has 3 nitrogen and oxygen atoms in total. The molecular formula is C9H11NO2. The number of carbonyl (C=O) groups excluding carboxylic acids is 1. The molecule has 1 heterocycles. The molecule has 0 saturated heterocycles. The van der Waals surface area contributed by atoms with Crippen LogP contribution in [0.25, 0.3) is 0 Å². The Morgan fingerprint density at radius 2 is 2.33 bits per heavy atom. The van der Waals surface area contributed by atoms with E-state index in [9.17, 15) is 4.79 Å². The van der Waals surface area contributed by atoms with Crippen molar-refractivity contribution >= 4 is 6.29 Å². The first kappa shape index (κ1) is 8.87. The van der Waals surface area contributed by atoms with E-state index in [2.05, 4.69) is 4.98 Å². The lowest BCUT2D eigenvalue weighted by Crippen LogP contribution is -2.00. The lowest BCUT2D eigenvalue weighted by molar-refractivity contribution is 0.110. The first-order valence-corrected chi connectivity index (χ1v) is 3.73. The van der Waals surface area contributed by atoms with Gasteiger partial charge in [-0.05, 0) is 19.1 Å². The molecule has 12 heavy (non-hydrogen) atoms. The maximum absolute atomic E-state index is 10.4. The minimum Gasteiger partial charge on any atom is -0.375 e. The third kappa shape index (κ3) is 1.89. The fourth-order valence-corrected chi connectivity index (χ4v) is 0.882. The van der Waals surface area contributed by atoms with Gasteiger partial charge in [0.15, 0.2) is 6.29 Å². The predicted octanol–water partition coefficient (Wildman–Crippen LogP) is 1.60. The molecule has 0 radical (unpaired) electrons. The maximum Gasteiger partial charge on any atom is 0.168 e. The summed E-state index contributed by atoms with van der Waals surface area (Å²) in [6.07, 6.45) is 0.663. The van der Waals surface area contributed by atoms with E-state index < -0.39 is 0 Å². The molecular weight excluding hydrogens is 154 g/mol. The minimum absolute atomic E-state index is 0.0649. The van der Waals surface area contributed by atoms with Crippen molar-refractivity contribution < 1.29 is 9.53 Å². The molecule has 0 aliphatic rings. The highest BCUT2D eigenvalue weighted by Gasteiger charge is 2.04. The zero-order valence-corrected chi connectivity index (χ0v) is 7.15. The van der Waals surface area contributed by atoms with Crippen LogP contribution < -0.4 is 0 Å². The Balaban J connectivity index is 2.93. The van der Waals surface area contributed by atoms with Crippen LogP contribution in [-0.2, 0) is 4.74 Å². The van der Waals surface area contributed by atoms with Crippen molar-refractivity contribution in [2.45, 2.75) is 13.0 Å². The lowest BCUT2D eigenvalue weighted by Gasteiger charge is -2.07. The Morgan fingerprint density at radius 1 is 1.58 bits per heavy atom. The normalized spacial score (nSPS) is 12.5. The van der Waals surface area contributed by atoms with Crippen LogP contribution in [0.4, 0.5) is 0 Å². The first-order valence-electron chi connectivity index (χ1n) is 3.73. The maximum atomic E-state index is 10.4. The molecule has 0 aromatic carbocycles. The molecule has 0 amide bonds. The molecule has 0 N–H and O–H groups in total. The summed E-state index contributed by atoms with van der Waals surface area (Å²) in [6, 6.07) is 5.29. The average Bonchev–Trinajstić information content (AvgIpc) is 2.17. The van der Waals surface area contributed by atoms with Crippen LogP contribution in [0.2, 0.25) is 0 Å². The first-order chi connectivity index (χ1) is 5.77. The zero-order valence-electron chi connectivity index (χ0n) is 7.15. The van der Waals surface area contributed by atoms with Gasteiger partial charge in [0.05, 0.1) is 11.8 Å². The van der Waals surface area contributed by atoms with Crippen molar-refractivity contribution in [3.05, 3.63) is 29.6 Å². The van der Waals surface area contributed by atoms with Gasteiger partial charge >= 0.3 is 0 Å². The Labute approximate surface area is 71.4 Å². The molecule has 1 atom stereocenters. The van der Waals surface area contributed by atoms with Crippen molar-refractivity contribution in [3.8, 4) is 0 Å². The van der Waals surface area contributed by atoms with Crippen molar-refractivity contribution in [1.82, 2.24) is 4.98 Å². The summed E-state index contributed by atoms with van der Waals surface area (Å²) in [5.41, 5.74) is 1.22. The third-order valence-corrected chi connectivity index (χ3v) is 1.68. The van der Waals surface area contributed by atoms with Crippen molar-refractivity contribution in [3.63, 3.8) is 0 Å². The van der Waals surface area contributed by atoms with Crippen LogP contribution in [-0.4, -0.2) is 18.4 Å². The second-order valence-corrected chi connectivity index (χ2v) is 2.48. The summed E-state index contributed by atoms with van der Waals surface area (Å²) in [7, 11) is 1.61.